The number of aromatic nitrogens is 1. The molecule has 0 aliphatic rings. The first-order chi connectivity index (χ1) is 45.6. The lowest BCUT2D eigenvalue weighted by molar-refractivity contribution is -0.143. The van der Waals surface area contributed by atoms with E-state index in [1.807, 2.05) is 62.4 Å². The molecule has 96 heavy (non-hydrogen) atoms. The van der Waals surface area contributed by atoms with E-state index < -0.39 is 144 Å². The molecule has 1 heterocycles. The fourth-order valence-electron chi connectivity index (χ4n) is 10.6. The number of rotatable bonds is 47. The van der Waals surface area contributed by atoms with Crippen LogP contribution in [0.25, 0.3) is 10.9 Å². The van der Waals surface area contributed by atoms with Crippen molar-refractivity contribution in [2.24, 2.45) is 62.9 Å². The maximum atomic E-state index is 15.0. The number of fused-ring (bicyclic) bond motifs is 1. The molecule has 25 N–H and O–H groups in total. The van der Waals surface area contributed by atoms with E-state index in [1.54, 1.807) is 40.0 Å². The smallest absolute Gasteiger partial charge is 0.326 e. The van der Waals surface area contributed by atoms with E-state index in [-0.39, 0.29) is 95.8 Å². The Hall–Kier alpha value is -8.74. The van der Waals surface area contributed by atoms with Crippen LogP contribution in [-0.2, 0) is 65.6 Å². The average molecular weight is 1350 g/mol. The average Bonchev–Trinajstić information content (AvgIpc) is 1.59. The van der Waals surface area contributed by atoms with Crippen molar-refractivity contribution in [3.8, 4) is 0 Å². The van der Waals surface area contributed by atoms with E-state index in [0.717, 1.165) is 5.56 Å². The summed E-state index contributed by atoms with van der Waals surface area (Å²) in [5.41, 5.74) is 42.6. The highest BCUT2D eigenvalue weighted by Crippen LogP contribution is 2.21. The monoisotopic (exact) mass is 1340 g/mol. The molecule has 0 aliphatic heterocycles. The maximum Gasteiger partial charge on any atom is 0.326 e. The standard InChI is InChI=1S/C66H108N18O12/c1-7-40(6)55(64(94)80-50(28-29-53(71)85)60(90)78-48(26-15-18-32-69)61(91)83-54(39(4)5)65(95)96)84-63(93)52(36-42-37-75-45-23-12-11-22-43(42)45)82-58(88)47(25-14-17-31-68)77-57(87)46(24-13-16-30-67)79-62(92)51(34-38(2)3)81-59(89)49(27-19-33-74-66(72)73)76-56(86)44(70)35-41-20-9-8-10-21-41/h8-12,20-23,37-40,44,46-52,54-55,75H,7,13-19,24-36,67-70H2,1-6H3,(H2,71,85)(H,76,86)(H,77,87)(H,78,90)(H,79,92)(H,80,94)(H,81,89)(H,82,88)(H,83,91)(H,84,93)(H,95,96)(H4,72,73,74)/t40-,44-,46-,47-,48-,49-,50-,51-,52-,54-,55-/m0/s1. The molecule has 0 saturated heterocycles. The van der Waals surface area contributed by atoms with Gasteiger partial charge in [-0.05, 0) is 144 Å². The molecule has 0 aliphatic carbocycles. The number of nitrogens with zero attached hydrogens (tertiary/aromatic N) is 1. The van der Waals surface area contributed by atoms with Gasteiger partial charge in [0.15, 0.2) is 5.96 Å². The Morgan fingerprint density at radius 2 is 0.917 bits per heavy atom. The zero-order chi connectivity index (χ0) is 71.4. The molecule has 0 bridgehead atoms. The summed E-state index contributed by atoms with van der Waals surface area (Å²) < 4.78 is 0. The number of aliphatic imine (C=N–C) groups is 1. The van der Waals surface area contributed by atoms with E-state index >= 15 is 4.79 Å². The summed E-state index contributed by atoms with van der Waals surface area (Å²) in [7, 11) is 0. The van der Waals surface area contributed by atoms with Gasteiger partial charge in [0.2, 0.25) is 59.1 Å². The lowest BCUT2D eigenvalue weighted by Gasteiger charge is -2.30. The SMILES string of the molecule is CC[C@H](C)[C@H](NC(=O)[C@H](Cc1c[nH]c2ccccc12)NC(=O)[C@H](CCCCN)NC(=O)[C@H](CCCCN)NC(=O)[C@H](CC(C)C)NC(=O)[C@H](CCCN=C(N)N)NC(=O)[C@@H](N)Cc1ccccc1)C(=O)N[C@@H](CCC(N)=O)C(=O)N[C@@H](CCCCN)C(=O)N[C@H](C(=O)O)C(C)C. The molecule has 0 saturated carbocycles. The quantitative estimate of drug-likeness (QED) is 0.0187. The highest BCUT2D eigenvalue weighted by Gasteiger charge is 2.38. The Kier molecular flexibility index (Phi) is 36.8. The molecule has 534 valence electrons. The zero-order valence-electron chi connectivity index (χ0n) is 56.6. The summed E-state index contributed by atoms with van der Waals surface area (Å²) >= 11 is 0. The summed E-state index contributed by atoms with van der Waals surface area (Å²) in [4.78, 5) is 161. The second kappa shape index (κ2) is 43.4. The van der Waals surface area contributed by atoms with Gasteiger partial charge in [0.05, 0.1) is 6.04 Å². The molecule has 30 nitrogen and oxygen atoms in total. The van der Waals surface area contributed by atoms with Gasteiger partial charge in [-0.3, -0.25) is 52.9 Å². The summed E-state index contributed by atoms with van der Waals surface area (Å²) in [6.45, 7) is 11.2. The van der Waals surface area contributed by atoms with Crippen molar-refractivity contribution in [1.29, 1.82) is 0 Å². The lowest BCUT2D eigenvalue weighted by atomic mass is 9.96. The number of guanidine groups is 1. The Labute approximate surface area is 562 Å². The Bertz CT molecular complexity index is 3010. The predicted octanol–water partition coefficient (Wildman–Crippen LogP) is -0.818. The number of carbonyl (C=O) groups is 11. The number of aliphatic carboxylic acids is 1. The van der Waals surface area contributed by atoms with Crippen molar-refractivity contribution < 1.29 is 57.8 Å². The Morgan fingerprint density at radius 3 is 1.40 bits per heavy atom. The zero-order valence-corrected chi connectivity index (χ0v) is 56.6. The number of aromatic amines is 1. The third-order valence-electron chi connectivity index (χ3n) is 16.4. The van der Waals surface area contributed by atoms with Gasteiger partial charge in [0.25, 0.3) is 0 Å². The maximum absolute atomic E-state index is 15.0. The third kappa shape index (κ3) is 29.1. The van der Waals surface area contributed by atoms with Crippen LogP contribution in [0.4, 0.5) is 0 Å². The molecule has 3 aromatic rings. The van der Waals surface area contributed by atoms with Gasteiger partial charge in [-0.15, -0.1) is 0 Å². The predicted molar refractivity (Wildman–Crippen MR) is 366 cm³/mol. The number of hydrogen-bond donors (Lipinski definition) is 18. The van der Waals surface area contributed by atoms with Gasteiger partial charge in [-0.2, -0.15) is 0 Å². The first-order valence-corrected chi connectivity index (χ1v) is 33.4. The molecule has 30 heteroatoms. The number of nitrogens with two attached hydrogens (primary N) is 7. The molecule has 11 atom stereocenters. The van der Waals surface area contributed by atoms with Crippen molar-refractivity contribution in [3.05, 3.63) is 71.9 Å². The van der Waals surface area contributed by atoms with Gasteiger partial charge < -0.3 is 98.1 Å². The summed E-state index contributed by atoms with van der Waals surface area (Å²) in [6, 6.07) is 3.25. The first kappa shape index (κ1) is 81.5. The number of carbonyl (C=O) groups excluding carboxylic acids is 10. The van der Waals surface area contributed by atoms with Gasteiger partial charge >= 0.3 is 5.97 Å². The summed E-state index contributed by atoms with van der Waals surface area (Å²) in [5.74, 6) is -10.7. The van der Waals surface area contributed by atoms with Gasteiger partial charge in [0.1, 0.15) is 54.4 Å². The van der Waals surface area contributed by atoms with Crippen LogP contribution in [0, 0.1) is 17.8 Å². The van der Waals surface area contributed by atoms with Gasteiger partial charge in [-0.1, -0.05) is 96.5 Å². The number of hydrogen-bond acceptors (Lipinski definition) is 16. The van der Waals surface area contributed by atoms with E-state index in [2.05, 4.69) is 57.8 Å². The minimum atomic E-state index is -1.51. The fraction of sp³-hybridized carbons (Fsp3) is 0.606. The number of amides is 10. The molecule has 2 aromatic carbocycles. The van der Waals surface area contributed by atoms with Gasteiger partial charge in [-0.25, -0.2) is 4.79 Å². The van der Waals surface area contributed by atoms with E-state index in [1.165, 1.54) is 0 Å². The topological polar surface area (TPSA) is 527 Å². The summed E-state index contributed by atoms with van der Waals surface area (Å²) in [5, 5.41) is 35.1. The number of H-pyrrole nitrogens is 1. The van der Waals surface area contributed by atoms with E-state index in [0.29, 0.717) is 61.4 Å². The van der Waals surface area contributed by atoms with Crippen molar-refractivity contribution in [2.75, 3.05) is 26.2 Å². The number of unbranched alkanes of at least 4 members (excludes halogenated alkanes) is 3. The van der Waals surface area contributed by atoms with Crippen molar-refractivity contribution in [1.82, 2.24) is 52.8 Å². The molecule has 10 amide bonds. The first-order valence-electron chi connectivity index (χ1n) is 33.4. The Morgan fingerprint density at radius 1 is 0.490 bits per heavy atom. The number of carboxylic acid groups (broad SMARTS) is 1. The number of para-hydroxylation sites is 1. The van der Waals surface area contributed by atoms with Crippen LogP contribution in [0.15, 0.2) is 65.8 Å². The number of benzene rings is 2. The molecule has 0 radical (unpaired) electrons. The van der Waals surface area contributed by atoms with Crippen LogP contribution in [0.1, 0.15) is 149 Å². The van der Waals surface area contributed by atoms with Crippen LogP contribution >= 0.6 is 0 Å². The minimum Gasteiger partial charge on any atom is -0.480 e. The van der Waals surface area contributed by atoms with Crippen molar-refractivity contribution in [3.63, 3.8) is 0 Å². The van der Waals surface area contributed by atoms with Crippen LogP contribution in [0.2, 0.25) is 0 Å². The number of carboxylic acids is 1. The van der Waals surface area contributed by atoms with Crippen molar-refractivity contribution >= 4 is 81.9 Å². The number of primary amides is 1. The highest BCUT2D eigenvalue weighted by atomic mass is 16.4. The normalized spacial score (nSPS) is 14.8. The molecule has 0 unspecified atom stereocenters. The third-order valence-corrected chi connectivity index (χ3v) is 16.4. The minimum absolute atomic E-state index is 0.0110. The number of nitrogens with one attached hydrogen (secondary N) is 10. The van der Waals surface area contributed by atoms with Crippen molar-refractivity contribution in [2.45, 2.75) is 211 Å². The highest BCUT2D eigenvalue weighted by molar-refractivity contribution is 5.99. The fourth-order valence-corrected chi connectivity index (χ4v) is 10.6. The second-order valence-electron chi connectivity index (χ2n) is 25.2. The molecule has 0 spiro atoms. The Balaban J connectivity index is 2.03. The lowest BCUT2D eigenvalue weighted by Crippen LogP contribution is -2.61. The van der Waals surface area contributed by atoms with Crippen LogP contribution in [-0.4, -0.2) is 168 Å². The second-order valence-corrected chi connectivity index (χ2v) is 25.2. The van der Waals surface area contributed by atoms with Crippen LogP contribution < -0.4 is 88.0 Å². The van der Waals surface area contributed by atoms with Crippen LogP contribution in [0.5, 0.6) is 0 Å². The molecular weight excluding hydrogens is 1240 g/mol. The van der Waals surface area contributed by atoms with E-state index in [4.69, 9.17) is 40.1 Å². The summed E-state index contributed by atoms with van der Waals surface area (Å²) in [6.07, 6.45) is 4.12. The largest absolute Gasteiger partial charge is 0.480 e. The van der Waals surface area contributed by atoms with Gasteiger partial charge in [0, 0.05) is 36.5 Å². The molecule has 0 fully saturated rings. The molecular formula is C66H108N18O12. The van der Waals surface area contributed by atoms with E-state index in [9.17, 15) is 53.1 Å². The van der Waals surface area contributed by atoms with Crippen LogP contribution in [0.3, 0.4) is 0 Å². The molecule has 1 aromatic heterocycles. The molecule has 3 rings (SSSR count).